The molecule has 114 valence electrons. The Labute approximate surface area is 119 Å². The molecular formula is C14H15F3N2O2. The summed E-state index contributed by atoms with van der Waals surface area (Å²) < 4.78 is 37.3. The zero-order chi connectivity index (χ0) is 15.2. The van der Waals surface area contributed by atoms with E-state index in [0.717, 1.165) is 11.3 Å². The zero-order valence-electron chi connectivity index (χ0n) is 11.2. The van der Waals surface area contributed by atoms with Crippen LogP contribution in [0.2, 0.25) is 0 Å². The number of amides is 1. The third-order valence-corrected chi connectivity index (χ3v) is 4.23. The van der Waals surface area contributed by atoms with Crippen molar-refractivity contribution in [1.29, 1.82) is 0 Å². The molecule has 2 aliphatic rings. The van der Waals surface area contributed by atoms with Crippen LogP contribution < -0.4 is 4.90 Å². The maximum atomic E-state index is 12.4. The predicted octanol–water partition coefficient (Wildman–Crippen LogP) is 2.76. The fourth-order valence-electron chi connectivity index (χ4n) is 2.70. The Balaban J connectivity index is 1.56. The van der Waals surface area contributed by atoms with E-state index >= 15 is 0 Å². The molecule has 0 spiro atoms. The van der Waals surface area contributed by atoms with Gasteiger partial charge in [-0.3, -0.25) is 0 Å². The van der Waals surface area contributed by atoms with Gasteiger partial charge in [0.1, 0.15) is 0 Å². The van der Waals surface area contributed by atoms with Gasteiger partial charge in [0, 0.05) is 37.8 Å². The second-order valence-corrected chi connectivity index (χ2v) is 5.62. The SMILES string of the molecule is O=C(O)N1CC(c2ccc(N3CC(C(F)(F)F)C3)cc2)C1. The summed E-state index contributed by atoms with van der Waals surface area (Å²) in [6.07, 6.45) is -5.02. The molecule has 0 unspecified atom stereocenters. The lowest BCUT2D eigenvalue weighted by atomic mass is 9.91. The van der Waals surface area contributed by atoms with Crippen molar-refractivity contribution in [2.75, 3.05) is 31.1 Å². The van der Waals surface area contributed by atoms with Gasteiger partial charge in [0.25, 0.3) is 0 Å². The van der Waals surface area contributed by atoms with Crippen LogP contribution in [0.4, 0.5) is 23.7 Å². The minimum absolute atomic E-state index is 0.0130. The lowest BCUT2D eigenvalue weighted by molar-refractivity contribution is -0.180. The Hall–Kier alpha value is -1.92. The van der Waals surface area contributed by atoms with E-state index in [9.17, 15) is 18.0 Å². The molecule has 1 aromatic carbocycles. The number of rotatable bonds is 2. The topological polar surface area (TPSA) is 43.8 Å². The predicted molar refractivity (Wildman–Crippen MR) is 70.5 cm³/mol. The van der Waals surface area contributed by atoms with Crippen molar-refractivity contribution in [3.63, 3.8) is 0 Å². The van der Waals surface area contributed by atoms with Crippen LogP contribution in [0.15, 0.2) is 24.3 Å². The number of nitrogens with zero attached hydrogens (tertiary/aromatic N) is 2. The molecule has 7 heteroatoms. The first-order valence-corrected chi connectivity index (χ1v) is 6.74. The molecule has 0 atom stereocenters. The molecule has 21 heavy (non-hydrogen) atoms. The molecule has 2 fully saturated rings. The van der Waals surface area contributed by atoms with Crippen LogP contribution in [0.5, 0.6) is 0 Å². The van der Waals surface area contributed by atoms with Gasteiger partial charge in [-0.1, -0.05) is 12.1 Å². The van der Waals surface area contributed by atoms with Crippen LogP contribution in [0.1, 0.15) is 11.5 Å². The van der Waals surface area contributed by atoms with Crippen LogP contribution in [0, 0.1) is 5.92 Å². The Bertz CT molecular complexity index is 532. The number of anilines is 1. The Morgan fingerprint density at radius 3 is 2.14 bits per heavy atom. The van der Waals surface area contributed by atoms with E-state index in [1.807, 2.05) is 24.3 Å². The molecular weight excluding hydrogens is 285 g/mol. The highest BCUT2D eigenvalue weighted by Gasteiger charge is 2.47. The quantitative estimate of drug-likeness (QED) is 0.913. The summed E-state index contributed by atoms with van der Waals surface area (Å²) in [5, 5.41) is 8.77. The van der Waals surface area contributed by atoms with Crippen molar-refractivity contribution in [3.05, 3.63) is 29.8 Å². The normalized spacial score (nSPS) is 20.1. The van der Waals surface area contributed by atoms with E-state index in [4.69, 9.17) is 5.11 Å². The summed E-state index contributed by atoms with van der Waals surface area (Å²) in [4.78, 5) is 13.7. The lowest BCUT2D eigenvalue weighted by Gasteiger charge is -2.42. The van der Waals surface area contributed by atoms with Crippen LogP contribution in [-0.4, -0.2) is 48.5 Å². The zero-order valence-corrected chi connectivity index (χ0v) is 11.2. The van der Waals surface area contributed by atoms with E-state index in [-0.39, 0.29) is 19.0 Å². The van der Waals surface area contributed by atoms with E-state index in [0.29, 0.717) is 13.1 Å². The van der Waals surface area contributed by atoms with E-state index < -0.39 is 18.2 Å². The minimum atomic E-state index is -4.11. The number of halogens is 3. The summed E-state index contributed by atoms with van der Waals surface area (Å²) >= 11 is 0. The smallest absolute Gasteiger partial charge is 0.407 e. The highest BCUT2D eigenvalue weighted by atomic mass is 19.4. The van der Waals surface area contributed by atoms with Crippen molar-refractivity contribution in [2.24, 2.45) is 5.92 Å². The average Bonchev–Trinajstić information content (AvgIpc) is 2.24. The highest BCUT2D eigenvalue weighted by Crippen LogP contribution is 2.36. The van der Waals surface area contributed by atoms with Crippen LogP contribution in [-0.2, 0) is 0 Å². The standard InChI is InChI=1S/C14H15F3N2O2/c15-14(16,17)11-7-18(8-11)12-3-1-9(2-4-12)10-5-19(6-10)13(20)21/h1-4,10-11H,5-8H2,(H,20,21). The van der Waals surface area contributed by atoms with Gasteiger partial charge in [0.15, 0.2) is 0 Å². The van der Waals surface area contributed by atoms with Crippen molar-refractivity contribution in [3.8, 4) is 0 Å². The monoisotopic (exact) mass is 300 g/mol. The third kappa shape index (κ3) is 2.64. The molecule has 0 radical (unpaired) electrons. The summed E-state index contributed by atoms with van der Waals surface area (Å²) in [6.45, 7) is 0.987. The van der Waals surface area contributed by atoms with Gasteiger partial charge in [-0.15, -0.1) is 0 Å². The molecule has 0 saturated carbocycles. The van der Waals surface area contributed by atoms with Crippen molar-refractivity contribution >= 4 is 11.8 Å². The third-order valence-electron chi connectivity index (χ3n) is 4.23. The van der Waals surface area contributed by atoms with E-state index in [1.54, 1.807) is 4.90 Å². The molecule has 4 nitrogen and oxygen atoms in total. The molecule has 0 bridgehead atoms. The minimum Gasteiger partial charge on any atom is -0.465 e. The first-order chi connectivity index (χ1) is 9.84. The maximum Gasteiger partial charge on any atom is 0.407 e. The number of likely N-dealkylation sites (tertiary alicyclic amines) is 1. The summed E-state index contributed by atoms with van der Waals surface area (Å²) in [5.74, 6) is -1.04. The average molecular weight is 300 g/mol. The van der Waals surface area contributed by atoms with Gasteiger partial charge < -0.3 is 14.9 Å². The summed E-state index contributed by atoms with van der Waals surface area (Å²) in [6, 6.07) is 7.37. The van der Waals surface area contributed by atoms with Gasteiger partial charge in [0.05, 0.1) is 5.92 Å². The van der Waals surface area contributed by atoms with Gasteiger partial charge in [-0.25, -0.2) is 4.79 Å². The number of carboxylic acid groups (broad SMARTS) is 1. The van der Waals surface area contributed by atoms with E-state index in [2.05, 4.69) is 0 Å². The Morgan fingerprint density at radius 2 is 1.67 bits per heavy atom. The van der Waals surface area contributed by atoms with Gasteiger partial charge in [-0.05, 0) is 17.7 Å². The number of hydrogen-bond donors (Lipinski definition) is 1. The largest absolute Gasteiger partial charge is 0.465 e. The first-order valence-electron chi connectivity index (χ1n) is 6.74. The number of carbonyl (C=O) groups is 1. The maximum absolute atomic E-state index is 12.4. The lowest BCUT2D eigenvalue weighted by Crippen LogP contribution is -2.53. The van der Waals surface area contributed by atoms with Gasteiger partial charge >= 0.3 is 12.3 Å². The van der Waals surface area contributed by atoms with Crippen LogP contribution >= 0.6 is 0 Å². The fraction of sp³-hybridized carbons (Fsp3) is 0.500. The fourth-order valence-corrected chi connectivity index (χ4v) is 2.70. The Kier molecular flexibility index (Phi) is 3.22. The number of alkyl halides is 3. The molecule has 1 amide bonds. The number of benzene rings is 1. The summed E-state index contributed by atoms with van der Waals surface area (Å²) in [5.41, 5.74) is 1.82. The summed E-state index contributed by atoms with van der Waals surface area (Å²) in [7, 11) is 0. The molecule has 1 N–H and O–H groups in total. The second kappa shape index (κ2) is 4.82. The second-order valence-electron chi connectivity index (χ2n) is 5.62. The molecule has 2 aliphatic heterocycles. The Morgan fingerprint density at radius 1 is 1.10 bits per heavy atom. The van der Waals surface area contributed by atoms with Gasteiger partial charge in [0.2, 0.25) is 0 Å². The van der Waals surface area contributed by atoms with Crippen molar-refractivity contribution in [1.82, 2.24) is 4.90 Å². The van der Waals surface area contributed by atoms with Crippen LogP contribution in [0.25, 0.3) is 0 Å². The van der Waals surface area contributed by atoms with Crippen LogP contribution in [0.3, 0.4) is 0 Å². The molecule has 0 aromatic heterocycles. The first kappa shape index (κ1) is 14.0. The highest BCUT2D eigenvalue weighted by molar-refractivity contribution is 5.66. The molecule has 2 heterocycles. The van der Waals surface area contributed by atoms with Crippen molar-refractivity contribution in [2.45, 2.75) is 12.1 Å². The molecule has 2 saturated heterocycles. The van der Waals surface area contributed by atoms with E-state index in [1.165, 1.54) is 4.90 Å². The molecule has 0 aliphatic carbocycles. The molecule has 1 aromatic rings. The number of hydrogen-bond acceptors (Lipinski definition) is 2. The van der Waals surface area contributed by atoms with Gasteiger partial charge in [-0.2, -0.15) is 13.2 Å². The molecule has 3 rings (SSSR count). The van der Waals surface area contributed by atoms with Crippen molar-refractivity contribution < 1.29 is 23.1 Å².